The number of nitrogens with two attached hydrogens (primary N) is 1. The first-order valence-corrected chi connectivity index (χ1v) is 12.9. The van der Waals surface area contributed by atoms with Gasteiger partial charge in [-0.15, -0.1) is 0 Å². The molecular formula is C27H34F2N7P. The number of alkyl halides is 2. The van der Waals surface area contributed by atoms with Gasteiger partial charge in [0.05, 0.1) is 24.0 Å². The summed E-state index contributed by atoms with van der Waals surface area (Å²) in [5.41, 5.74) is 1.48. The maximum atomic E-state index is 13.6. The number of benzene rings is 1. The summed E-state index contributed by atoms with van der Waals surface area (Å²) in [5, 5.41) is 15.1. The number of halogens is 2. The average molecular weight is 526 g/mol. The molecule has 7 nitrogen and oxygen atoms in total. The number of hydrogen-bond donors (Lipinski definition) is 4. The van der Waals surface area contributed by atoms with Crippen molar-refractivity contribution in [1.82, 2.24) is 15.8 Å². The number of hydrazone groups is 1. The number of aliphatic imine (C=N–C) groups is 1. The van der Waals surface area contributed by atoms with Crippen molar-refractivity contribution in [3.8, 4) is 0 Å². The smallest absolute Gasteiger partial charge is 0.283 e. The Labute approximate surface area is 219 Å². The van der Waals surface area contributed by atoms with Crippen LogP contribution in [0.3, 0.4) is 0 Å². The van der Waals surface area contributed by atoms with E-state index in [0.29, 0.717) is 17.6 Å². The van der Waals surface area contributed by atoms with Gasteiger partial charge in [-0.2, -0.15) is 19.0 Å². The van der Waals surface area contributed by atoms with E-state index >= 15 is 0 Å². The molecule has 1 aromatic rings. The second-order valence-electron chi connectivity index (χ2n) is 9.46. The Balaban J connectivity index is 1.30. The zero-order chi connectivity index (χ0) is 26.6. The van der Waals surface area contributed by atoms with Gasteiger partial charge >= 0.3 is 0 Å². The molecule has 3 aliphatic rings. The van der Waals surface area contributed by atoms with Gasteiger partial charge in [0.2, 0.25) is 5.96 Å². The Kier molecular flexibility index (Phi) is 8.25. The van der Waals surface area contributed by atoms with Gasteiger partial charge in [-0.3, -0.25) is 0 Å². The minimum Gasteiger partial charge on any atom is -0.378 e. The number of rotatable bonds is 8. The lowest BCUT2D eigenvalue weighted by molar-refractivity contribution is 0.104. The molecule has 3 unspecified atom stereocenters. The highest BCUT2D eigenvalue weighted by atomic mass is 31.0. The van der Waals surface area contributed by atoms with E-state index in [1.807, 2.05) is 26.0 Å². The number of hydrogen-bond acceptors (Lipinski definition) is 7. The number of guanidine groups is 1. The minimum atomic E-state index is -2.98. The SMILES string of the molecule is C=C(/C=C\C1=C(C)NC(N(N)/N=C/C2C=CC(Nc3cccc(C(F)(F)P)c3)=CN2)=NC1C)C1CCC1. The molecule has 10 heteroatoms. The van der Waals surface area contributed by atoms with Gasteiger partial charge in [0, 0.05) is 23.1 Å². The first-order valence-electron chi connectivity index (χ1n) is 12.3. The molecule has 37 heavy (non-hydrogen) atoms. The van der Waals surface area contributed by atoms with Gasteiger partial charge in [0.1, 0.15) is 0 Å². The van der Waals surface area contributed by atoms with E-state index in [9.17, 15) is 8.78 Å². The highest BCUT2D eigenvalue weighted by Crippen LogP contribution is 2.36. The summed E-state index contributed by atoms with van der Waals surface area (Å²) in [6.45, 7) is 8.22. The molecule has 1 aliphatic carbocycles. The van der Waals surface area contributed by atoms with Gasteiger partial charge in [-0.1, -0.05) is 58.2 Å². The molecular weight excluding hydrogens is 491 g/mol. The molecule has 0 aromatic heterocycles. The maximum Gasteiger partial charge on any atom is 0.283 e. The average Bonchev–Trinajstić information content (AvgIpc) is 2.81. The van der Waals surface area contributed by atoms with Crippen molar-refractivity contribution in [3.05, 3.63) is 89.5 Å². The fourth-order valence-electron chi connectivity index (χ4n) is 4.17. The Morgan fingerprint density at radius 2 is 2.16 bits per heavy atom. The topological polar surface area (TPSA) is 90.1 Å². The van der Waals surface area contributed by atoms with Gasteiger partial charge in [0.15, 0.2) is 0 Å². The second-order valence-corrected chi connectivity index (χ2v) is 10.2. The van der Waals surface area contributed by atoms with Crippen LogP contribution in [0.2, 0.25) is 0 Å². The Morgan fingerprint density at radius 3 is 2.78 bits per heavy atom. The fraction of sp³-hybridized carbons (Fsp3) is 0.333. The molecule has 1 fully saturated rings. The zero-order valence-corrected chi connectivity index (χ0v) is 22.2. The van der Waals surface area contributed by atoms with Crippen molar-refractivity contribution in [1.29, 1.82) is 0 Å². The van der Waals surface area contributed by atoms with E-state index in [2.05, 4.69) is 44.8 Å². The molecule has 4 rings (SSSR count). The van der Waals surface area contributed by atoms with E-state index < -0.39 is 5.66 Å². The number of dihydropyridines is 1. The summed E-state index contributed by atoms with van der Waals surface area (Å²) in [6.07, 6.45) is 15.1. The monoisotopic (exact) mass is 525 g/mol. The van der Waals surface area contributed by atoms with Gasteiger partial charge in [0.25, 0.3) is 5.66 Å². The maximum absolute atomic E-state index is 13.6. The number of hydrazine groups is 1. The summed E-state index contributed by atoms with van der Waals surface area (Å²) in [5.74, 6) is 7.22. The van der Waals surface area contributed by atoms with E-state index in [1.165, 1.54) is 42.1 Å². The number of nitrogens with zero attached hydrogens (tertiary/aromatic N) is 3. The predicted octanol–water partition coefficient (Wildman–Crippen LogP) is 5.09. The molecule has 0 amide bonds. The summed E-state index contributed by atoms with van der Waals surface area (Å²) in [7, 11) is 1.55. The molecule has 2 heterocycles. The van der Waals surface area contributed by atoms with Crippen molar-refractivity contribution < 1.29 is 8.78 Å². The molecule has 196 valence electrons. The van der Waals surface area contributed by atoms with Crippen LogP contribution in [-0.2, 0) is 5.66 Å². The zero-order valence-electron chi connectivity index (χ0n) is 21.1. The number of allylic oxidation sites excluding steroid dienone is 4. The van der Waals surface area contributed by atoms with Crippen LogP contribution in [0.4, 0.5) is 14.5 Å². The van der Waals surface area contributed by atoms with Crippen LogP contribution in [0, 0.1) is 5.92 Å². The van der Waals surface area contributed by atoms with Crippen LogP contribution in [0.15, 0.2) is 94.0 Å². The normalized spacial score (nSPS) is 22.3. The van der Waals surface area contributed by atoms with Gasteiger partial charge in [-0.05, 0) is 56.4 Å². The van der Waals surface area contributed by atoms with Crippen molar-refractivity contribution >= 4 is 27.1 Å². The highest BCUT2D eigenvalue weighted by Gasteiger charge is 2.24. The largest absolute Gasteiger partial charge is 0.378 e. The molecule has 0 radical (unpaired) electrons. The van der Waals surface area contributed by atoms with Crippen LogP contribution >= 0.6 is 9.24 Å². The molecule has 0 spiro atoms. The molecule has 3 atom stereocenters. The summed E-state index contributed by atoms with van der Waals surface area (Å²) in [4.78, 5) is 4.66. The molecule has 2 aliphatic heterocycles. The van der Waals surface area contributed by atoms with Crippen LogP contribution in [-0.4, -0.2) is 29.4 Å². The van der Waals surface area contributed by atoms with E-state index in [-0.39, 0.29) is 17.6 Å². The molecule has 0 saturated heterocycles. The lowest BCUT2D eigenvalue weighted by atomic mass is 9.80. The highest BCUT2D eigenvalue weighted by molar-refractivity contribution is 7.17. The lowest BCUT2D eigenvalue weighted by Gasteiger charge is -2.27. The third-order valence-electron chi connectivity index (χ3n) is 6.62. The summed E-state index contributed by atoms with van der Waals surface area (Å²) < 4.78 is 27.1. The van der Waals surface area contributed by atoms with Crippen LogP contribution < -0.4 is 21.8 Å². The van der Waals surface area contributed by atoms with Crippen molar-refractivity contribution in [2.75, 3.05) is 5.32 Å². The quantitative estimate of drug-likeness (QED) is 0.125. The molecule has 0 bridgehead atoms. The summed E-state index contributed by atoms with van der Waals surface area (Å²) in [6, 6.07) is 5.86. The fourth-order valence-corrected chi connectivity index (χ4v) is 4.35. The minimum absolute atomic E-state index is 0.0723. The standard InChI is InChI=1S/C27H34F2N7P/c1-17(20-6-4-7-20)10-13-25-18(2)33-26(34-19(25)3)36(30)32-16-23-11-12-24(15-31-23)35-22-9-5-8-21(14-22)27(28,29)37/h5,8-16,18,20,23,31,35H,1,4,6-7,30,37H2,2-3H3,(H,33,34)/b13-10-,32-16+. The van der Waals surface area contributed by atoms with Crippen molar-refractivity contribution in [2.45, 2.75) is 50.9 Å². The van der Waals surface area contributed by atoms with E-state index in [4.69, 9.17) is 5.84 Å². The third kappa shape index (κ3) is 6.93. The Hall–Kier alpha value is -3.29. The number of anilines is 1. The molecule has 1 saturated carbocycles. The number of nitrogens with one attached hydrogen (secondary N) is 3. The van der Waals surface area contributed by atoms with Crippen molar-refractivity contribution in [2.24, 2.45) is 21.9 Å². The predicted molar refractivity (Wildman–Crippen MR) is 151 cm³/mol. The van der Waals surface area contributed by atoms with Crippen LogP contribution in [0.5, 0.6) is 0 Å². The van der Waals surface area contributed by atoms with Gasteiger partial charge in [-0.25, -0.2) is 10.8 Å². The van der Waals surface area contributed by atoms with Crippen molar-refractivity contribution in [3.63, 3.8) is 0 Å². The second kappa shape index (κ2) is 11.4. The van der Waals surface area contributed by atoms with Crippen LogP contribution in [0.25, 0.3) is 0 Å². The Bertz CT molecular complexity index is 1210. The van der Waals surface area contributed by atoms with E-state index in [1.54, 1.807) is 33.8 Å². The van der Waals surface area contributed by atoms with E-state index in [0.717, 1.165) is 17.0 Å². The van der Waals surface area contributed by atoms with Gasteiger partial charge < -0.3 is 16.0 Å². The molecule has 5 N–H and O–H groups in total. The first-order chi connectivity index (χ1) is 17.6. The molecule has 1 aromatic carbocycles. The third-order valence-corrected chi connectivity index (χ3v) is 6.96. The Morgan fingerprint density at radius 1 is 1.38 bits per heavy atom. The first kappa shape index (κ1) is 26.8. The lowest BCUT2D eigenvalue weighted by Crippen LogP contribution is -2.45. The summed E-state index contributed by atoms with van der Waals surface area (Å²) >= 11 is 0. The van der Waals surface area contributed by atoms with Crippen LogP contribution in [0.1, 0.15) is 38.7 Å².